The molecule has 2 aromatic rings. The van der Waals surface area contributed by atoms with Crippen LogP contribution in [0.25, 0.3) is 0 Å². The first-order valence-electron chi connectivity index (χ1n) is 14.2. The molecule has 2 aromatic carbocycles. The third-order valence-corrected chi connectivity index (χ3v) is 8.34. The summed E-state index contributed by atoms with van der Waals surface area (Å²) in [5.74, 6) is -6.80. The number of nitrogens with two attached hydrogens (primary N) is 1. The molecule has 1 saturated carbocycles. The number of nitrogens with one attached hydrogen (secondary N) is 3. The number of halogens is 4. The number of benzene rings is 2. The molecular formula is C30H33F4N5O5S. The average molecular weight is 652 g/mol. The molecule has 15 heteroatoms. The van der Waals surface area contributed by atoms with Crippen LogP contribution in [0.1, 0.15) is 43.2 Å². The van der Waals surface area contributed by atoms with Gasteiger partial charge in [-0.2, -0.15) is 13.2 Å². The number of nitrogens with zero attached hydrogens (tertiary/aromatic N) is 1. The number of benzodiazepines with no additional fused rings is 1. The number of amides is 3. The smallest absolute Gasteiger partial charge is 0.389 e. The normalized spacial score (nSPS) is 18.3. The highest BCUT2D eigenvalue weighted by molar-refractivity contribution is 7.98. The highest BCUT2D eigenvalue weighted by atomic mass is 32.2. The van der Waals surface area contributed by atoms with Crippen LogP contribution in [0.2, 0.25) is 0 Å². The Kier molecular flexibility index (Phi) is 11.2. The van der Waals surface area contributed by atoms with Crippen LogP contribution in [0.15, 0.2) is 53.5 Å². The van der Waals surface area contributed by atoms with Crippen LogP contribution in [0.5, 0.6) is 0 Å². The highest BCUT2D eigenvalue weighted by Gasteiger charge is 2.42. The van der Waals surface area contributed by atoms with E-state index < -0.39 is 72.6 Å². The van der Waals surface area contributed by atoms with E-state index in [0.29, 0.717) is 5.56 Å². The quantitative estimate of drug-likeness (QED) is 0.147. The SMILES string of the molecule is COC(=O)C(N)CSNC(=O)C(CC1CC1)C(CCC(F)(F)F)C(=O)NC1N=C(c2ccccc2)c2cccc(F)c2NC1=O. The Balaban J connectivity index is 1.62. The third-order valence-electron chi connectivity index (χ3n) is 7.47. The van der Waals surface area contributed by atoms with Gasteiger partial charge in [0.2, 0.25) is 18.0 Å². The van der Waals surface area contributed by atoms with Crippen LogP contribution in [-0.4, -0.2) is 60.6 Å². The summed E-state index contributed by atoms with van der Waals surface area (Å²) >= 11 is 0.772. The summed E-state index contributed by atoms with van der Waals surface area (Å²) in [4.78, 5) is 56.4. The molecule has 10 nitrogen and oxygen atoms in total. The number of hydrogen-bond acceptors (Lipinski definition) is 8. The van der Waals surface area contributed by atoms with E-state index in [1.165, 1.54) is 6.07 Å². The molecular weight excluding hydrogens is 618 g/mol. The Labute approximate surface area is 261 Å². The van der Waals surface area contributed by atoms with Crippen molar-refractivity contribution in [3.63, 3.8) is 0 Å². The van der Waals surface area contributed by atoms with Crippen LogP contribution < -0.4 is 21.1 Å². The van der Waals surface area contributed by atoms with Gasteiger partial charge < -0.3 is 21.1 Å². The number of alkyl halides is 3. The molecule has 1 fully saturated rings. The zero-order valence-electron chi connectivity index (χ0n) is 24.2. The molecule has 2 aliphatic rings. The monoisotopic (exact) mass is 651 g/mol. The molecule has 4 rings (SSSR count). The van der Waals surface area contributed by atoms with Gasteiger partial charge in [0.25, 0.3) is 5.91 Å². The lowest BCUT2D eigenvalue weighted by molar-refractivity contribution is -0.147. The minimum Gasteiger partial charge on any atom is -0.468 e. The molecule has 45 heavy (non-hydrogen) atoms. The van der Waals surface area contributed by atoms with Gasteiger partial charge in [-0.1, -0.05) is 55.3 Å². The zero-order valence-corrected chi connectivity index (χ0v) is 25.1. The molecule has 1 heterocycles. The largest absolute Gasteiger partial charge is 0.468 e. The van der Waals surface area contributed by atoms with Gasteiger partial charge in [-0.3, -0.25) is 23.9 Å². The lowest BCUT2D eigenvalue weighted by Gasteiger charge is -2.27. The van der Waals surface area contributed by atoms with Gasteiger partial charge in [0.05, 0.1) is 24.4 Å². The van der Waals surface area contributed by atoms with E-state index in [1.807, 2.05) is 0 Å². The Morgan fingerprint density at radius 3 is 2.44 bits per heavy atom. The molecule has 0 saturated heterocycles. The number of rotatable bonds is 13. The van der Waals surface area contributed by atoms with Gasteiger partial charge in [0.15, 0.2) is 0 Å². The summed E-state index contributed by atoms with van der Waals surface area (Å²) in [7, 11) is 1.15. The predicted molar refractivity (Wildman–Crippen MR) is 159 cm³/mol. The Hall–Kier alpha value is -3.98. The number of methoxy groups -OCH3 is 1. The van der Waals surface area contributed by atoms with Crippen molar-refractivity contribution < 1.29 is 41.5 Å². The molecule has 1 aliphatic carbocycles. The van der Waals surface area contributed by atoms with E-state index in [9.17, 15) is 36.7 Å². The van der Waals surface area contributed by atoms with E-state index in [2.05, 4.69) is 25.1 Å². The van der Waals surface area contributed by atoms with E-state index in [4.69, 9.17) is 5.73 Å². The summed E-state index contributed by atoms with van der Waals surface area (Å²) in [6.07, 6.45) is -6.73. The molecule has 0 radical (unpaired) electrons. The number of anilines is 1. The minimum atomic E-state index is -4.63. The van der Waals surface area contributed by atoms with Gasteiger partial charge in [-0.15, -0.1) is 0 Å². The lowest BCUT2D eigenvalue weighted by atomic mass is 9.83. The zero-order chi connectivity index (χ0) is 32.7. The maximum Gasteiger partial charge on any atom is 0.389 e. The Morgan fingerprint density at radius 2 is 1.80 bits per heavy atom. The van der Waals surface area contributed by atoms with Crippen LogP contribution >= 0.6 is 11.9 Å². The fourth-order valence-electron chi connectivity index (χ4n) is 4.96. The fourth-order valence-corrected chi connectivity index (χ4v) is 5.65. The van der Waals surface area contributed by atoms with Gasteiger partial charge in [-0.25, -0.2) is 9.38 Å². The second-order valence-corrected chi connectivity index (χ2v) is 11.7. The third kappa shape index (κ3) is 9.26. The van der Waals surface area contributed by atoms with Gasteiger partial charge >= 0.3 is 12.1 Å². The molecule has 0 bridgehead atoms. The predicted octanol–water partition coefficient (Wildman–Crippen LogP) is 3.70. The van der Waals surface area contributed by atoms with Crippen LogP contribution in [0.4, 0.5) is 23.2 Å². The molecule has 4 unspecified atom stereocenters. The van der Waals surface area contributed by atoms with Crippen molar-refractivity contribution in [3.8, 4) is 0 Å². The number of aliphatic imine (C=N–C) groups is 1. The standard InChI is InChI=1S/C30H33F4N5O5S/c1-44-29(43)22(35)15-45-39-27(41)20(14-16-10-11-16)18(12-13-30(32,33)34)26(40)38-25-28(42)37-24-19(8-5-9-21(24)31)23(36-25)17-6-3-2-4-7-17/h2-9,16,18,20,22,25H,10-15,35H2,1H3,(H,37,42)(H,38,40)(H,39,41). The summed E-state index contributed by atoms with van der Waals surface area (Å²) in [6.45, 7) is 0. The Morgan fingerprint density at radius 1 is 1.09 bits per heavy atom. The average Bonchev–Trinajstić information content (AvgIpc) is 3.84. The number of hydrogen-bond donors (Lipinski definition) is 4. The molecule has 5 N–H and O–H groups in total. The van der Waals surface area contributed by atoms with Gasteiger partial charge in [0, 0.05) is 29.2 Å². The highest BCUT2D eigenvalue weighted by Crippen LogP contribution is 2.40. The number of fused-ring (bicyclic) bond motifs is 1. The maximum absolute atomic E-state index is 14.8. The van der Waals surface area contributed by atoms with E-state index in [0.717, 1.165) is 38.0 Å². The first kappa shape index (κ1) is 33.9. The van der Waals surface area contributed by atoms with Crippen molar-refractivity contribution >= 4 is 47.0 Å². The summed E-state index contributed by atoms with van der Waals surface area (Å²) in [6, 6.07) is 11.6. The van der Waals surface area contributed by atoms with Crippen molar-refractivity contribution in [2.45, 2.75) is 50.5 Å². The van der Waals surface area contributed by atoms with Gasteiger partial charge in [0.1, 0.15) is 11.9 Å². The topological polar surface area (TPSA) is 152 Å². The lowest BCUT2D eigenvalue weighted by Crippen LogP contribution is -2.48. The number of carbonyl (C=O) groups excluding carboxylic acids is 4. The van der Waals surface area contributed by atoms with Crippen molar-refractivity contribution in [3.05, 3.63) is 65.5 Å². The summed E-state index contributed by atoms with van der Waals surface area (Å²) in [5.41, 5.74) is 6.45. The van der Waals surface area contributed by atoms with E-state index >= 15 is 0 Å². The molecule has 1 aliphatic heterocycles. The first-order valence-corrected chi connectivity index (χ1v) is 15.2. The van der Waals surface area contributed by atoms with Crippen molar-refractivity contribution in [2.75, 3.05) is 18.2 Å². The van der Waals surface area contributed by atoms with Gasteiger partial charge in [-0.05, 0) is 36.8 Å². The number of para-hydroxylation sites is 1. The second kappa shape index (κ2) is 14.9. The molecule has 0 spiro atoms. The van der Waals surface area contributed by atoms with Crippen molar-refractivity contribution in [2.24, 2.45) is 28.5 Å². The second-order valence-electron chi connectivity index (χ2n) is 10.9. The first-order chi connectivity index (χ1) is 21.4. The van der Waals surface area contributed by atoms with E-state index in [-0.39, 0.29) is 35.1 Å². The molecule has 242 valence electrons. The van der Waals surface area contributed by atoms with Crippen molar-refractivity contribution in [1.29, 1.82) is 0 Å². The minimum absolute atomic E-state index is 0.0330. The molecule has 3 amide bonds. The summed E-state index contributed by atoms with van der Waals surface area (Å²) in [5, 5.41) is 4.86. The van der Waals surface area contributed by atoms with Crippen LogP contribution in [0.3, 0.4) is 0 Å². The Bertz CT molecular complexity index is 1440. The maximum atomic E-state index is 14.8. The fraction of sp³-hybridized carbons (Fsp3) is 0.433. The van der Waals surface area contributed by atoms with Crippen LogP contribution in [0, 0.1) is 23.6 Å². The van der Waals surface area contributed by atoms with Crippen LogP contribution in [-0.2, 0) is 23.9 Å². The number of ether oxygens (including phenoxy) is 1. The molecule has 0 aromatic heterocycles. The molecule has 4 atom stereocenters. The van der Waals surface area contributed by atoms with Crippen molar-refractivity contribution in [1.82, 2.24) is 10.0 Å². The summed E-state index contributed by atoms with van der Waals surface area (Å²) < 4.78 is 62.1. The van der Waals surface area contributed by atoms with E-state index in [1.54, 1.807) is 36.4 Å². The number of esters is 1. The number of carbonyl (C=O) groups is 4.